The first kappa shape index (κ1) is 13.3. The first-order valence-corrected chi connectivity index (χ1v) is 5.72. The number of ether oxygens (including phenoxy) is 2. The number of carbonyl (C=O) groups excluding carboxylic acids is 1. The average molecular weight is 234 g/mol. The van der Waals surface area contributed by atoms with Crippen molar-refractivity contribution in [3.8, 4) is 5.75 Å². The maximum Gasteiger partial charge on any atom is 0.188 e. The van der Waals surface area contributed by atoms with Crippen LogP contribution in [0.3, 0.4) is 0 Å². The molecule has 0 saturated carbocycles. The summed E-state index contributed by atoms with van der Waals surface area (Å²) < 4.78 is 10.5. The van der Waals surface area contributed by atoms with Gasteiger partial charge in [-0.05, 0) is 45.0 Å². The Morgan fingerprint density at radius 2 is 1.94 bits per heavy atom. The number of allylic oxidation sites excluding steroid dienone is 1. The molecular formula is C14H18O3. The highest BCUT2D eigenvalue weighted by Gasteiger charge is 2.03. The van der Waals surface area contributed by atoms with E-state index in [9.17, 15) is 4.79 Å². The Morgan fingerprint density at radius 3 is 2.47 bits per heavy atom. The van der Waals surface area contributed by atoms with E-state index in [1.54, 1.807) is 24.3 Å². The fourth-order valence-electron chi connectivity index (χ4n) is 1.27. The summed E-state index contributed by atoms with van der Waals surface area (Å²) in [6.07, 6.45) is 2.97. The van der Waals surface area contributed by atoms with E-state index in [1.165, 1.54) is 12.3 Å². The molecule has 1 aromatic carbocycles. The number of rotatable bonds is 6. The molecule has 0 fully saturated rings. The minimum Gasteiger partial charge on any atom is -0.501 e. The Labute approximate surface area is 102 Å². The molecule has 3 nitrogen and oxygen atoms in total. The van der Waals surface area contributed by atoms with Crippen molar-refractivity contribution in [3.05, 3.63) is 42.2 Å². The Bertz CT molecular complexity index is 377. The Balaban J connectivity index is 2.64. The first-order valence-electron chi connectivity index (χ1n) is 5.72. The van der Waals surface area contributed by atoms with E-state index in [-0.39, 0.29) is 11.9 Å². The number of benzene rings is 1. The van der Waals surface area contributed by atoms with Crippen molar-refractivity contribution >= 4 is 5.78 Å². The van der Waals surface area contributed by atoms with Crippen LogP contribution in [0.2, 0.25) is 0 Å². The minimum atomic E-state index is -0.0745. The summed E-state index contributed by atoms with van der Waals surface area (Å²) in [6, 6.07) is 7.08. The maximum atomic E-state index is 11.6. The van der Waals surface area contributed by atoms with Gasteiger partial charge in [0, 0.05) is 11.6 Å². The zero-order chi connectivity index (χ0) is 12.7. The van der Waals surface area contributed by atoms with E-state index in [0.717, 1.165) is 5.75 Å². The van der Waals surface area contributed by atoms with Crippen LogP contribution in [0.4, 0.5) is 0 Å². The van der Waals surface area contributed by atoms with Gasteiger partial charge in [-0.1, -0.05) is 0 Å². The van der Waals surface area contributed by atoms with Gasteiger partial charge in [0.25, 0.3) is 0 Å². The molecule has 0 saturated heterocycles. The molecule has 0 atom stereocenters. The highest BCUT2D eigenvalue weighted by atomic mass is 16.5. The third-order valence-electron chi connectivity index (χ3n) is 1.99. The molecule has 92 valence electrons. The second-order valence-electron chi connectivity index (χ2n) is 3.81. The van der Waals surface area contributed by atoms with Gasteiger partial charge in [-0.3, -0.25) is 4.79 Å². The molecule has 0 bridgehead atoms. The molecule has 1 rings (SSSR count). The lowest BCUT2D eigenvalue weighted by molar-refractivity contribution is 0.104. The largest absolute Gasteiger partial charge is 0.501 e. The van der Waals surface area contributed by atoms with Gasteiger partial charge < -0.3 is 9.47 Å². The third kappa shape index (κ3) is 4.72. The van der Waals surface area contributed by atoms with Gasteiger partial charge in [-0.25, -0.2) is 0 Å². The van der Waals surface area contributed by atoms with Crippen LogP contribution in [-0.4, -0.2) is 18.5 Å². The Morgan fingerprint density at radius 1 is 1.29 bits per heavy atom. The summed E-state index contributed by atoms with van der Waals surface area (Å²) in [5.74, 6) is 0.694. The molecule has 17 heavy (non-hydrogen) atoms. The average Bonchev–Trinajstić information content (AvgIpc) is 2.29. The van der Waals surface area contributed by atoms with Crippen LogP contribution in [0.25, 0.3) is 0 Å². The second-order valence-corrected chi connectivity index (χ2v) is 3.81. The molecule has 0 unspecified atom stereocenters. The fraction of sp³-hybridized carbons (Fsp3) is 0.357. The molecular weight excluding hydrogens is 216 g/mol. The van der Waals surface area contributed by atoms with Crippen LogP contribution in [-0.2, 0) is 4.74 Å². The van der Waals surface area contributed by atoms with Crippen molar-refractivity contribution in [3.63, 3.8) is 0 Å². The predicted molar refractivity (Wildman–Crippen MR) is 67.3 cm³/mol. The number of hydrogen-bond donors (Lipinski definition) is 0. The zero-order valence-electron chi connectivity index (χ0n) is 10.5. The van der Waals surface area contributed by atoms with E-state index in [2.05, 4.69) is 0 Å². The highest BCUT2D eigenvalue weighted by molar-refractivity contribution is 6.04. The molecule has 0 aliphatic heterocycles. The first-order chi connectivity index (χ1) is 8.13. The highest BCUT2D eigenvalue weighted by Crippen LogP contribution is 2.14. The lowest BCUT2D eigenvalue weighted by Crippen LogP contribution is -2.05. The van der Waals surface area contributed by atoms with Gasteiger partial charge in [0.1, 0.15) is 5.75 Å². The van der Waals surface area contributed by atoms with Gasteiger partial charge in [-0.15, -0.1) is 0 Å². The zero-order valence-corrected chi connectivity index (χ0v) is 10.5. The molecule has 3 heteroatoms. The topological polar surface area (TPSA) is 35.5 Å². The lowest BCUT2D eigenvalue weighted by Gasteiger charge is -2.09. The maximum absolute atomic E-state index is 11.6. The van der Waals surface area contributed by atoms with Crippen molar-refractivity contribution in [2.75, 3.05) is 6.61 Å². The van der Waals surface area contributed by atoms with Crippen LogP contribution in [0, 0.1) is 0 Å². The van der Waals surface area contributed by atoms with Crippen molar-refractivity contribution in [2.24, 2.45) is 0 Å². The molecule has 0 amide bonds. The molecule has 0 heterocycles. The van der Waals surface area contributed by atoms with Crippen molar-refractivity contribution in [1.82, 2.24) is 0 Å². The minimum absolute atomic E-state index is 0.0745. The number of carbonyl (C=O) groups is 1. The molecule has 0 aliphatic carbocycles. The molecule has 0 radical (unpaired) electrons. The van der Waals surface area contributed by atoms with E-state index in [4.69, 9.17) is 9.47 Å². The summed E-state index contributed by atoms with van der Waals surface area (Å²) in [6.45, 7) is 6.35. The van der Waals surface area contributed by atoms with Crippen molar-refractivity contribution < 1.29 is 14.3 Å². The smallest absolute Gasteiger partial charge is 0.188 e. The predicted octanol–water partition coefficient (Wildman–Crippen LogP) is 3.21. The summed E-state index contributed by atoms with van der Waals surface area (Å²) in [5, 5.41) is 0. The van der Waals surface area contributed by atoms with Crippen LogP contribution >= 0.6 is 0 Å². The van der Waals surface area contributed by atoms with Crippen LogP contribution < -0.4 is 4.74 Å². The van der Waals surface area contributed by atoms with E-state index in [1.807, 2.05) is 20.8 Å². The van der Waals surface area contributed by atoms with E-state index < -0.39 is 0 Å². The van der Waals surface area contributed by atoms with Gasteiger partial charge in [0.05, 0.1) is 19.0 Å². The lowest BCUT2D eigenvalue weighted by atomic mass is 10.1. The normalized spacial score (nSPS) is 10.8. The molecule has 1 aromatic rings. The SMILES string of the molecule is CCOC=CC(=O)c1ccc(OC(C)C)cc1. The number of ketones is 1. The third-order valence-corrected chi connectivity index (χ3v) is 1.99. The van der Waals surface area contributed by atoms with Crippen LogP contribution in [0.15, 0.2) is 36.6 Å². The second kappa shape index (κ2) is 6.74. The summed E-state index contributed by atoms with van der Waals surface area (Å²) in [5.41, 5.74) is 0.622. The molecule has 0 N–H and O–H groups in total. The van der Waals surface area contributed by atoms with Gasteiger partial charge >= 0.3 is 0 Å². The molecule has 0 aromatic heterocycles. The van der Waals surface area contributed by atoms with Gasteiger partial charge in [0.2, 0.25) is 0 Å². The van der Waals surface area contributed by atoms with Crippen LogP contribution in [0.5, 0.6) is 5.75 Å². The van der Waals surface area contributed by atoms with Crippen molar-refractivity contribution in [1.29, 1.82) is 0 Å². The quantitative estimate of drug-likeness (QED) is 0.431. The van der Waals surface area contributed by atoms with Crippen LogP contribution in [0.1, 0.15) is 31.1 Å². The monoisotopic (exact) mass is 234 g/mol. The molecule has 0 aliphatic rings. The van der Waals surface area contributed by atoms with Gasteiger partial charge in [0.15, 0.2) is 5.78 Å². The fourth-order valence-corrected chi connectivity index (χ4v) is 1.27. The summed E-state index contributed by atoms with van der Waals surface area (Å²) >= 11 is 0. The van der Waals surface area contributed by atoms with Gasteiger partial charge in [-0.2, -0.15) is 0 Å². The summed E-state index contributed by atoms with van der Waals surface area (Å²) in [4.78, 5) is 11.6. The Kier molecular flexibility index (Phi) is 5.27. The standard InChI is InChI=1S/C14H18O3/c1-4-16-10-9-14(15)12-5-7-13(8-6-12)17-11(2)3/h5-11H,4H2,1-3H3. The summed E-state index contributed by atoms with van der Waals surface area (Å²) in [7, 11) is 0. The molecule has 0 spiro atoms. The number of hydrogen-bond acceptors (Lipinski definition) is 3. The van der Waals surface area contributed by atoms with E-state index >= 15 is 0 Å². The Hall–Kier alpha value is -1.77. The van der Waals surface area contributed by atoms with Crippen molar-refractivity contribution in [2.45, 2.75) is 26.9 Å². The van der Waals surface area contributed by atoms with E-state index in [0.29, 0.717) is 12.2 Å².